The Balaban J connectivity index is 1.15. The van der Waals surface area contributed by atoms with Crippen LogP contribution < -0.4 is 5.32 Å². The van der Waals surface area contributed by atoms with Crippen molar-refractivity contribution in [3.8, 4) is 0 Å². The van der Waals surface area contributed by atoms with E-state index in [1.165, 1.54) is 28.1 Å². The van der Waals surface area contributed by atoms with Crippen molar-refractivity contribution in [2.45, 2.75) is 38.0 Å². The fourth-order valence-electron chi connectivity index (χ4n) is 4.96. The minimum atomic E-state index is -1.09. The van der Waals surface area contributed by atoms with E-state index in [2.05, 4.69) is 73.4 Å². The molecule has 34 heavy (non-hydrogen) atoms. The van der Waals surface area contributed by atoms with Crippen molar-refractivity contribution >= 4 is 33.0 Å². The van der Waals surface area contributed by atoms with E-state index in [9.17, 15) is 10.2 Å². The lowest BCUT2D eigenvalue weighted by atomic mass is 10.1. The zero-order valence-electron chi connectivity index (χ0n) is 18.7. The smallest absolute Gasteiger partial charge is 0.165 e. The average molecular weight is 459 g/mol. The molecule has 2 aromatic carbocycles. The summed E-state index contributed by atoms with van der Waals surface area (Å²) in [6.45, 7) is 3.72. The first kappa shape index (κ1) is 21.2. The lowest BCUT2D eigenvalue weighted by Crippen LogP contribution is -2.38. The second kappa shape index (κ2) is 8.44. The number of aliphatic hydroxyl groups excluding tert-OH is 2. The highest BCUT2D eigenvalue weighted by Crippen LogP contribution is 2.32. The largest absolute Gasteiger partial charge is 0.387 e. The molecular formula is C25H26N6O3. The highest BCUT2D eigenvalue weighted by atomic mass is 16.6. The zero-order valence-corrected chi connectivity index (χ0v) is 18.7. The standard InChI is InChI=1S/C25H26N6O3/c1-15-21-24(28-13-27-15)31(14-29-21)25-23(33)22(32)20(34-25)12-26-10-11-30-18-8-4-2-6-16(18)17-7-3-5-9-19(17)30/h2-9,13-14,20,22-23,25-26,32-33H,10-12H2,1H3. The summed E-state index contributed by atoms with van der Waals surface area (Å²) in [4.78, 5) is 12.8. The van der Waals surface area contributed by atoms with Gasteiger partial charge in [0.05, 0.1) is 12.0 Å². The second-order valence-electron chi connectivity index (χ2n) is 8.72. The Kier molecular flexibility index (Phi) is 5.26. The highest BCUT2D eigenvalue weighted by molar-refractivity contribution is 6.07. The Hall–Kier alpha value is -3.37. The second-order valence-corrected chi connectivity index (χ2v) is 8.72. The van der Waals surface area contributed by atoms with Crippen LogP contribution in [0.15, 0.2) is 61.2 Å². The predicted octanol–water partition coefficient (Wildman–Crippen LogP) is 2.15. The quantitative estimate of drug-likeness (QED) is 0.335. The van der Waals surface area contributed by atoms with Crippen LogP contribution in [0.1, 0.15) is 11.9 Å². The van der Waals surface area contributed by atoms with E-state index in [1.807, 2.05) is 6.92 Å². The van der Waals surface area contributed by atoms with Gasteiger partial charge in [-0.1, -0.05) is 36.4 Å². The molecule has 9 heteroatoms. The molecule has 0 bridgehead atoms. The van der Waals surface area contributed by atoms with E-state index in [0.717, 1.165) is 12.2 Å². The van der Waals surface area contributed by atoms with Gasteiger partial charge < -0.3 is 24.8 Å². The normalized spacial score (nSPS) is 22.9. The Bertz CT molecular complexity index is 1420. The maximum absolute atomic E-state index is 10.7. The first-order valence-corrected chi connectivity index (χ1v) is 11.5. The number of ether oxygens (including phenoxy) is 1. The van der Waals surface area contributed by atoms with Gasteiger partial charge >= 0.3 is 0 Å². The van der Waals surface area contributed by atoms with Gasteiger partial charge in [0.1, 0.15) is 30.2 Å². The molecule has 1 aliphatic rings. The minimum absolute atomic E-state index is 0.409. The molecule has 0 amide bonds. The molecule has 5 aromatic rings. The van der Waals surface area contributed by atoms with E-state index in [4.69, 9.17) is 4.74 Å². The zero-order chi connectivity index (χ0) is 23.2. The predicted molar refractivity (Wildman–Crippen MR) is 128 cm³/mol. The third kappa shape index (κ3) is 3.36. The van der Waals surface area contributed by atoms with Crippen LogP contribution in [0.3, 0.4) is 0 Å². The topological polar surface area (TPSA) is 110 Å². The van der Waals surface area contributed by atoms with Crippen LogP contribution in [0.5, 0.6) is 0 Å². The van der Waals surface area contributed by atoms with Crippen LogP contribution >= 0.6 is 0 Å². The summed E-state index contributed by atoms with van der Waals surface area (Å²) in [5, 5.41) is 27.2. The van der Waals surface area contributed by atoms with Crippen LogP contribution in [-0.4, -0.2) is 65.7 Å². The molecule has 9 nitrogen and oxygen atoms in total. The highest BCUT2D eigenvalue weighted by Gasteiger charge is 2.44. The molecule has 3 aromatic heterocycles. The van der Waals surface area contributed by atoms with Gasteiger partial charge in [0.25, 0.3) is 0 Å². The fraction of sp³-hybridized carbons (Fsp3) is 0.320. The summed E-state index contributed by atoms with van der Waals surface area (Å²) in [6, 6.07) is 16.8. The Morgan fingerprint density at radius 1 is 0.941 bits per heavy atom. The molecule has 6 rings (SSSR count). The SMILES string of the molecule is Cc1ncnc2c1ncn2C1OC(CNCCn2c3ccccc3c3ccccc32)C(O)C1O. The number of aromatic nitrogens is 5. The summed E-state index contributed by atoms with van der Waals surface area (Å²) in [5.74, 6) is 0. The summed E-state index contributed by atoms with van der Waals surface area (Å²) in [7, 11) is 0. The van der Waals surface area contributed by atoms with Gasteiger partial charge in [-0.05, 0) is 19.1 Å². The Morgan fingerprint density at radius 3 is 2.38 bits per heavy atom. The van der Waals surface area contributed by atoms with E-state index >= 15 is 0 Å². The van der Waals surface area contributed by atoms with Crippen LogP contribution in [-0.2, 0) is 11.3 Å². The van der Waals surface area contributed by atoms with Crippen LogP contribution in [0.2, 0.25) is 0 Å². The number of aliphatic hydroxyl groups is 2. The van der Waals surface area contributed by atoms with Gasteiger partial charge in [-0.15, -0.1) is 0 Å². The number of fused-ring (bicyclic) bond motifs is 4. The maximum Gasteiger partial charge on any atom is 0.165 e. The third-order valence-electron chi connectivity index (χ3n) is 6.69. The van der Waals surface area contributed by atoms with Crippen molar-refractivity contribution in [2.24, 2.45) is 0 Å². The first-order valence-electron chi connectivity index (χ1n) is 11.5. The number of hydrogen-bond donors (Lipinski definition) is 3. The van der Waals surface area contributed by atoms with Crippen LogP contribution in [0.25, 0.3) is 33.0 Å². The van der Waals surface area contributed by atoms with Crippen LogP contribution in [0.4, 0.5) is 0 Å². The molecule has 4 unspecified atom stereocenters. The van der Waals surface area contributed by atoms with Gasteiger partial charge in [0.15, 0.2) is 11.9 Å². The lowest BCUT2D eigenvalue weighted by Gasteiger charge is -2.16. The molecule has 3 N–H and O–H groups in total. The summed E-state index contributed by atoms with van der Waals surface area (Å²) in [5.41, 5.74) is 4.37. The van der Waals surface area contributed by atoms with Gasteiger partial charge in [-0.2, -0.15) is 0 Å². The monoisotopic (exact) mass is 458 g/mol. The Labute approximate surface area is 195 Å². The van der Waals surface area contributed by atoms with Crippen LogP contribution in [0, 0.1) is 6.92 Å². The fourth-order valence-corrected chi connectivity index (χ4v) is 4.96. The number of imidazole rings is 1. The van der Waals surface area contributed by atoms with E-state index in [1.54, 1.807) is 10.9 Å². The van der Waals surface area contributed by atoms with Gasteiger partial charge in [0, 0.05) is 41.4 Å². The number of nitrogens with one attached hydrogen (secondary N) is 1. The number of benzene rings is 2. The van der Waals surface area contributed by atoms with Crippen molar-refractivity contribution in [3.63, 3.8) is 0 Å². The summed E-state index contributed by atoms with van der Waals surface area (Å²) >= 11 is 0. The van der Waals surface area contributed by atoms with E-state index in [-0.39, 0.29) is 0 Å². The molecule has 0 spiro atoms. The number of nitrogens with zero attached hydrogens (tertiary/aromatic N) is 5. The molecule has 0 aliphatic carbocycles. The number of aryl methyl sites for hydroxylation is 1. The Morgan fingerprint density at radius 2 is 1.65 bits per heavy atom. The van der Waals surface area contributed by atoms with Crippen molar-refractivity contribution in [1.29, 1.82) is 0 Å². The number of rotatable bonds is 6. The molecule has 4 heterocycles. The van der Waals surface area contributed by atoms with Crippen molar-refractivity contribution in [3.05, 3.63) is 66.9 Å². The van der Waals surface area contributed by atoms with E-state index < -0.39 is 24.5 Å². The first-order chi connectivity index (χ1) is 16.6. The van der Waals surface area contributed by atoms with Gasteiger partial charge in [-0.25, -0.2) is 15.0 Å². The molecule has 0 radical (unpaired) electrons. The van der Waals surface area contributed by atoms with Crippen molar-refractivity contribution in [2.75, 3.05) is 13.1 Å². The average Bonchev–Trinajstić information content (AvgIpc) is 3.51. The minimum Gasteiger partial charge on any atom is -0.387 e. The molecule has 1 fully saturated rings. The summed E-state index contributed by atoms with van der Waals surface area (Å²) in [6.07, 6.45) is -0.397. The number of hydrogen-bond acceptors (Lipinski definition) is 7. The van der Waals surface area contributed by atoms with Crippen molar-refractivity contribution < 1.29 is 14.9 Å². The molecule has 1 saturated heterocycles. The number of para-hydroxylation sites is 2. The van der Waals surface area contributed by atoms with E-state index in [0.29, 0.717) is 24.3 Å². The lowest BCUT2D eigenvalue weighted by molar-refractivity contribution is -0.0341. The molecule has 0 saturated carbocycles. The molecular weight excluding hydrogens is 432 g/mol. The van der Waals surface area contributed by atoms with Crippen molar-refractivity contribution in [1.82, 2.24) is 29.4 Å². The summed E-state index contributed by atoms with van der Waals surface area (Å²) < 4.78 is 10.0. The third-order valence-corrected chi connectivity index (χ3v) is 6.69. The molecule has 4 atom stereocenters. The molecule has 174 valence electrons. The van der Waals surface area contributed by atoms with Gasteiger partial charge in [0.2, 0.25) is 0 Å². The molecule has 1 aliphatic heterocycles. The maximum atomic E-state index is 10.7. The van der Waals surface area contributed by atoms with Gasteiger partial charge in [-0.3, -0.25) is 4.57 Å².